The number of nitrogens with one attached hydrogen (secondary N) is 2. The first-order valence-electron chi connectivity index (χ1n) is 6.53. The molecule has 21 heavy (non-hydrogen) atoms. The predicted molar refractivity (Wildman–Crippen MR) is 80.3 cm³/mol. The van der Waals surface area contributed by atoms with E-state index in [1.54, 1.807) is 19.9 Å². The summed E-state index contributed by atoms with van der Waals surface area (Å²) in [4.78, 5) is 4.20. The molecule has 114 valence electrons. The number of nitrogen functional groups attached to an aromatic ring is 1. The molecule has 0 fully saturated rings. The van der Waals surface area contributed by atoms with Crippen LogP contribution < -0.4 is 10.5 Å². The summed E-state index contributed by atoms with van der Waals surface area (Å²) in [5.41, 5.74) is 8.60. The minimum atomic E-state index is -3.61. The number of rotatable bonds is 5. The van der Waals surface area contributed by atoms with Crippen molar-refractivity contribution in [3.63, 3.8) is 0 Å². The molecule has 0 saturated heterocycles. The quantitative estimate of drug-likeness (QED) is 0.708. The summed E-state index contributed by atoms with van der Waals surface area (Å²) in [6.07, 6.45) is 1.83. The molecule has 8 heteroatoms. The number of benzene rings is 1. The van der Waals surface area contributed by atoms with Crippen LogP contribution in [0.4, 0.5) is 5.69 Å². The molecule has 1 heterocycles. The van der Waals surface area contributed by atoms with Crippen LogP contribution in [-0.4, -0.2) is 30.1 Å². The van der Waals surface area contributed by atoms with Crippen molar-refractivity contribution in [3.8, 4) is 0 Å². The highest BCUT2D eigenvalue weighted by Gasteiger charge is 2.21. The number of nitrogens with zero attached hydrogens (tertiary/aromatic N) is 2. The molecule has 1 aromatic heterocycles. The molecule has 2 aromatic rings. The Morgan fingerprint density at radius 1 is 1.29 bits per heavy atom. The molecular formula is C13H19N5O2S. The summed E-state index contributed by atoms with van der Waals surface area (Å²) in [5.74, 6) is 0.634. The lowest BCUT2D eigenvalue weighted by molar-refractivity contribution is 0.579. The minimum Gasteiger partial charge on any atom is -0.398 e. The third-order valence-corrected chi connectivity index (χ3v) is 5.10. The van der Waals surface area contributed by atoms with Crippen LogP contribution in [-0.2, 0) is 16.4 Å². The van der Waals surface area contributed by atoms with Gasteiger partial charge in [-0.3, -0.25) is 5.10 Å². The van der Waals surface area contributed by atoms with Gasteiger partial charge in [0.1, 0.15) is 12.2 Å². The number of H-pyrrole nitrogens is 1. The molecule has 0 unspecified atom stereocenters. The predicted octanol–water partition coefficient (Wildman–Crippen LogP) is 0.833. The van der Waals surface area contributed by atoms with Gasteiger partial charge >= 0.3 is 0 Å². The fourth-order valence-corrected chi connectivity index (χ4v) is 3.83. The van der Waals surface area contributed by atoms with E-state index >= 15 is 0 Å². The van der Waals surface area contributed by atoms with Crippen molar-refractivity contribution < 1.29 is 8.42 Å². The molecular weight excluding hydrogens is 290 g/mol. The molecule has 0 aliphatic rings. The number of hydrogen-bond acceptors (Lipinski definition) is 5. The van der Waals surface area contributed by atoms with Gasteiger partial charge in [-0.15, -0.1) is 0 Å². The van der Waals surface area contributed by atoms with Gasteiger partial charge in [-0.1, -0.05) is 6.07 Å². The van der Waals surface area contributed by atoms with Crippen LogP contribution in [0, 0.1) is 20.8 Å². The van der Waals surface area contributed by atoms with E-state index in [4.69, 9.17) is 5.73 Å². The third kappa shape index (κ3) is 3.22. The molecule has 2 rings (SSSR count). The van der Waals surface area contributed by atoms with Gasteiger partial charge < -0.3 is 5.73 Å². The molecule has 0 amide bonds. The van der Waals surface area contributed by atoms with Crippen molar-refractivity contribution in [1.82, 2.24) is 19.9 Å². The SMILES string of the molecule is Cc1cc(C)c(S(=O)(=O)NCCc2ncn[nH]2)c(C)c1N. The maximum Gasteiger partial charge on any atom is 0.241 e. The van der Waals surface area contributed by atoms with E-state index < -0.39 is 10.0 Å². The molecule has 0 bridgehead atoms. The van der Waals surface area contributed by atoms with E-state index in [2.05, 4.69) is 19.9 Å². The first kappa shape index (κ1) is 15.5. The third-order valence-electron chi connectivity index (χ3n) is 3.35. The van der Waals surface area contributed by atoms with Crippen molar-refractivity contribution in [3.05, 3.63) is 34.9 Å². The van der Waals surface area contributed by atoms with Crippen molar-refractivity contribution in [2.75, 3.05) is 12.3 Å². The zero-order chi connectivity index (χ0) is 15.6. The number of aromatic amines is 1. The number of anilines is 1. The molecule has 7 nitrogen and oxygen atoms in total. The standard InChI is InChI=1S/C13H19N5O2S/c1-8-6-9(2)13(10(3)12(8)14)21(19,20)17-5-4-11-15-7-16-18-11/h6-7,17H,4-5,14H2,1-3H3,(H,15,16,18). The van der Waals surface area contributed by atoms with E-state index in [1.807, 2.05) is 6.92 Å². The number of aromatic nitrogens is 3. The van der Waals surface area contributed by atoms with Gasteiger partial charge in [0.25, 0.3) is 0 Å². The van der Waals surface area contributed by atoms with E-state index in [9.17, 15) is 8.42 Å². The van der Waals surface area contributed by atoms with Crippen LogP contribution >= 0.6 is 0 Å². The van der Waals surface area contributed by atoms with Gasteiger partial charge in [-0.25, -0.2) is 18.1 Å². The summed E-state index contributed by atoms with van der Waals surface area (Å²) in [6.45, 7) is 5.60. The van der Waals surface area contributed by atoms with Crippen LogP contribution in [0.15, 0.2) is 17.3 Å². The highest BCUT2D eigenvalue weighted by atomic mass is 32.2. The van der Waals surface area contributed by atoms with Crippen LogP contribution in [0.3, 0.4) is 0 Å². The molecule has 0 atom stereocenters. The number of sulfonamides is 1. The molecule has 0 aliphatic carbocycles. The Morgan fingerprint density at radius 2 is 2.00 bits per heavy atom. The Morgan fingerprint density at radius 3 is 2.62 bits per heavy atom. The van der Waals surface area contributed by atoms with Crippen LogP contribution in [0.1, 0.15) is 22.5 Å². The second-order valence-electron chi connectivity index (χ2n) is 4.96. The molecule has 0 spiro atoms. The largest absolute Gasteiger partial charge is 0.398 e. The highest BCUT2D eigenvalue weighted by Crippen LogP contribution is 2.27. The smallest absolute Gasteiger partial charge is 0.241 e. The van der Waals surface area contributed by atoms with Crippen molar-refractivity contribution in [2.24, 2.45) is 0 Å². The lowest BCUT2D eigenvalue weighted by Crippen LogP contribution is -2.28. The topological polar surface area (TPSA) is 114 Å². The number of hydrogen-bond donors (Lipinski definition) is 3. The molecule has 0 aliphatic heterocycles. The molecule has 1 aromatic carbocycles. The lowest BCUT2D eigenvalue weighted by Gasteiger charge is -2.15. The Kier molecular flexibility index (Phi) is 4.29. The summed E-state index contributed by atoms with van der Waals surface area (Å²) in [7, 11) is -3.61. The average molecular weight is 309 g/mol. The summed E-state index contributed by atoms with van der Waals surface area (Å²) < 4.78 is 27.5. The summed E-state index contributed by atoms with van der Waals surface area (Å²) >= 11 is 0. The van der Waals surface area contributed by atoms with Crippen LogP contribution in [0.5, 0.6) is 0 Å². The van der Waals surface area contributed by atoms with Gasteiger partial charge in [0, 0.05) is 18.7 Å². The Labute approximate surface area is 124 Å². The van der Waals surface area contributed by atoms with E-state index in [1.165, 1.54) is 6.33 Å². The van der Waals surface area contributed by atoms with Gasteiger partial charge in [0.2, 0.25) is 10.0 Å². The van der Waals surface area contributed by atoms with E-state index in [0.717, 1.165) is 5.56 Å². The van der Waals surface area contributed by atoms with Crippen molar-refractivity contribution in [2.45, 2.75) is 32.1 Å². The van der Waals surface area contributed by atoms with Crippen molar-refractivity contribution >= 4 is 15.7 Å². The second-order valence-corrected chi connectivity index (χ2v) is 6.66. The Bertz CT molecular complexity index is 738. The van der Waals surface area contributed by atoms with Crippen LogP contribution in [0.2, 0.25) is 0 Å². The van der Waals surface area contributed by atoms with Gasteiger partial charge in [-0.2, -0.15) is 5.10 Å². The van der Waals surface area contributed by atoms with Gasteiger partial charge in [0.05, 0.1) is 4.90 Å². The fraction of sp³-hybridized carbons (Fsp3) is 0.385. The summed E-state index contributed by atoms with van der Waals surface area (Å²) in [5, 5.41) is 6.40. The zero-order valence-corrected chi connectivity index (χ0v) is 13.1. The second kappa shape index (κ2) is 5.82. The van der Waals surface area contributed by atoms with Crippen molar-refractivity contribution in [1.29, 1.82) is 0 Å². The number of aryl methyl sites for hydroxylation is 2. The monoisotopic (exact) mass is 309 g/mol. The van der Waals surface area contributed by atoms with E-state index in [0.29, 0.717) is 29.1 Å². The first-order valence-corrected chi connectivity index (χ1v) is 8.01. The minimum absolute atomic E-state index is 0.240. The van der Waals surface area contributed by atoms with Gasteiger partial charge in [-0.05, 0) is 37.5 Å². The highest BCUT2D eigenvalue weighted by molar-refractivity contribution is 7.89. The van der Waals surface area contributed by atoms with Crippen LogP contribution in [0.25, 0.3) is 0 Å². The lowest BCUT2D eigenvalue weighted by atomic mass is 10.1. The average Bonchev–Trinajstić information content (AvgIpc) is 2.88. The zero-order valence-electron chi connectivity index (χ0n) is 12.3. The fourth-order valence-electron chi connectivity index (χ4n) is 2.32. The molecule has 0 radical (unpaired) electrons. The molecule has 4 N–H and O–H groups in total. The maximum absolute atomic E-state index is 12.5. The summed E-state index contributed by atoms with van der Waals surface area (Å²) in [6, 6.07) is 1.79. The van der Waals surface area contributed by atoms with E-state index in [-0.39, 0.29) is 11.4 Å². The first-order chi connectivity index (χ1) is 9.83. The Hall–Kier alpha value is -1.93. The maximum atomic E-state index is 12.5. The Balaban J connectivity index is 2.22. The number of nitrogens with two attached hydrogens (primary N) is 1. The van der Waals surface area contributed by atoms with Gasteiger partial charge in [0.15, 0.2) is 0 Å². The normalized spacial score (nSPS) is 11.8. The molecule has 0 saturated carbocycles.